The summed E-state index contributed by atoms with van der Waals surface area (Å²) in [6.07, 6.45) is 11.1. The van der Waals surface area contributed by atoms with E-state index in [0.29, 0.717) is 11.7 Å². The summed E-state index contributed by atoms with van der Waals surface area (Å²) < 4.78 is 1.95. The first-order valence-corrected chi connectivity index (χ1v) is 8.00. The van der Waals surface area contributed by atoms with Crippen LogP contribution in [0.4, 0.5) is 0 Å². The van der Waals surface area contributed by atoms with Crippen molar-refractivity contribution in [3.8, 4) is 0 Å². The van der Waals surface area contributed by atoms with E-state index in [0.717, 1.165) is 37.9 Å². The SMILES string of the molecule is O=C(NC1(c2ncn[nH]2)CCC1)c1ccn(C2CCCC2)n1. The lowest BCUT2D eigenvalue weighted by atomic mass is 9.76. The molecule has 0 atom stereocenters. The number of carbonyl (C=O) groups excluding carboxylic acids is 1. The molecule has 2 aliphatic rings. The third-order valence-corrected chi connectivity index (χ3v) is 4.97. The van der Waals surface area contributed by atoms with Crippen molar-refractivity contribution in [3.63, 3.8) is 0 Å². The minimum atomic E-state index is -0.398. The third-order valence-electron chi connectivity index (χ3n) is 4.97. The van der Waals surface area contributed by atoms with Crippen LogP contribution in [0, 0.1) is 0 Å². The van der Waals surface area contributed by atoms with Crippen LogP contribution in [0.15, 0.2) is 18.6 Å². The molecule has 22 heavy (non-hydrogen) atoms. The number of hydrogen-bond donors (Lipinski definition) is 2. The van der Waals surface area contributed by atoms with E-state index in [-0.39, 0.29) is 5.91 Å². The van der Waals surface area contributed by atoms with Crippen molar-refractivity contribution >= 4 is 5.91 Å². The average Bonchev–Trinajstić information content (AvgIpc) is 3.24. The van der Waals surface area contributed by atoms with Crippen LogP contribution in [0.25, 0.3) is 0 Å². The predicted molar refractivity (Wildman–Crippen MR) is 79.1 cm³/mol. The Morgan fingerprint density at radius 2 is 2.14 bits per heavy atom. The quantitative estimate of drug-likeness (QED) is 0.903. The van der Waals surface area contributed by atoms with Crippen molar-refractivity contribution in [1.82, 2.24) is 30.3 Å². The Labute approximate surface area is 128 Å². The largest absolute Gasteiger partial charge is 0.338 e. The van der Waals surface area contributed by atoms with E-state index in [1.54, 1.807) is 6.07 Å². The number of carbonyl (C=O) groups is 1. The molecule has 0 bridgehead atoms. The van der Waals surface area contributed by atoms with Gasteiger partial charge >= 0.3 is 0 Å². The second-order valence-electron chi connectivity index (χ2n) is 6.34. The lowest BCUT2D eigenvalue weighted by Gasteiger charge is -2.40. The number of H-pyrrole nitrogens is 1. The van der Waals surface area contributed by atoms with Gasteiger partial charge in [-0.2, -0.15) is 10.2 Å². The van der Waals surface area contributed by atoms with Gasteiger partial charge in [0.05, 0.1) is 11.6 Å². The number of aromatic nitrogens is 5. The predicted octanol–water partition coefficient (Wildman–Crippen LogP) is 1.93. The Hall–Kier alpha value is -2.18. The normalized spacial score (nSPS) is 20.7. The van der Waals surface area contributed by atoms with Gasteiger partial charge in [0.1, 0.15) is 17.8 Å². The number of amides is 1. The van der Waals surface area contributed by atoms with Crippen molar-refractivity contribution in [2.75, 3.05) is 0 Å². The molecule has 0 aliphatic heterocycles. The third kappa shape index (κ3) is 2.20. The summed E-state index contributed by atoms with van der Waals surface area (Å²) in [7, 11) is 0. The van der Waals surface area contributed by atoms with Gasteiger partial charge < -0.3 is 5.32 Å². The van der Waals surface area contributed by atoms with Crippen LogP contribution in [-0.4, -0.2) is 30.9 Å². The summed E-state index contributed by atoms with van der Waals surface area (Å²) >= 11 is 0. The Morgan fingerprint density at radius 1 is 1.32 bits per heavy atom. The molecule has 0 spiro atoms. The summed E-state index contributed by atoms with van der Waals surface area (Å²) in [6.45, 7) is 0. The molecule has 2 fully saturated rings. The lowest BCUT2D eigenvalue weighted by Crippen LogP contribution is -2.51. The fraction of sp³-hybridized carbons (Fsp3) is 0.600. The molecule has 0 saturated heterocycles. The molecule has 1 amide bonds. The van der Waals surface area contributed by atoms with Crippen molar-refractivity contribution in [1.29, 1.82) is 0 Å². The monoisotopic (exact) mass is 300 g/mol. The molecule has 4 rings (SSSR count). The summed E-state index contributed by atoms with van der Waals surface area (Å²) in [6, 6.07) is 2.26. The molecule has 0 radical (unpaired) electrons. The summed E-state index contributed by atoms with van der Waals surface area (Å²) in [4.78, 5) is 16.7. The summed E-state index contributed by atoms with van der Waals surface area (Å²) in [5.41, 5.74) is 0.0859. The highest BCUT2D eigenvalue weighted by molar-refractivity contribution is 5.92. The number of hydrogen-bond acceptors (Lipinski definition) is 4. The van der Waals surface area contributed by atoms with Crippen LogP contribution in [0.5, 0.6) is 0 Å². The van der Waals surface area contributed by atoms with Gasteiger partial charge in [0.15, 0.2) is 0 Å². The minimum Gasteiger partial charge on any atom is -0.338 e. The van der Waals surface area contributed by atoms with E-state index in [1.807, 2.05) is 10.9 Å². The van der Waals surface area contributed by atoms with Crippen LogP contribution in [0.1, 0.15) is 67.3 Å². The Bertz CT molecular complexity index is 651. The van der Waals surface area contributed by atoms with Crippen LogP contribution in [-0.2, 0) is 5.54 Å². The first-order valence-electron chi connectivity index (χ1n) is 8.00. The second kappa shape index (κ2) is 5.23. The van der Waals surface area contributed by atoms with Crippen LogP contribution >= 0.6 is 0 Å². The summed E-state index contributed by atoms with van der Waals surface area (Å²) in [5.74, 6) is 0.607. The smallest absolute Gasteiger partial charge is 0.272 e. The molecule has 2 aromatic heterocycles. The zero-order chi connectivity index (χ0) is 15.0. The highest BCUT2D eigenvalue weighted by Gasteiger charge is 2.43. The molecule has 0 unspecified atom stereocenters. The Kier molecular flexibility index (Phi) is 3.20. The molecule has 2 N–H and O–H groups in total. The second-order valence-corrected chi connectivity index (χ2v) is 6.34. The fourth-order valence-corrected chi connectivity index (χ4v) is 3.50. The van der Waals surface area contributed by atoms with Gasteiger partial charge in [0, 0.05) is 6.20 Å². The number of nitrogens with one attached hydrogen (secondary N) is 2. The zero-order valence-electron chi connectivity index (χ0n) is 12.5. The van der Waals surface area contributed by atoms with Gasteiger partial charge in [-0.25, -0.2) is 4.98 Å². The van der Waals surface area contributed by atoms with E-state index in [4.69, 9.17) is 0 Å². The molecular formula is C15H20N6O. The topological polar surface area (TPSA) is 88.5 Å². The first-order chi connectivity index (χ1) is 10.8. The van der Waals surface area contributed by atoms with E-state index in [1.165, 1.54) is 19.2 Å². The average molecular weight is 300 g/mol. The molecule has 2 saturated carbocycles. The molecule has 2 heterocycles. The van der Waals surface area contributed by atoms with Crippen molar-refractivity contribution in [2.24, 2.45) is 0 Å². The lowest BCUT2D eigenvalue weighted by molar-refractivity contribution is 0.0803. The molecule has 7 heteroatoms. The highest BCUT2D eigenvalue weighted by Crippen LogP contribution is 2.39. The van der Waals surface area contributed by atoms with E-state index in [2.05, 4.69) is 25.6 Å². The first kappa shape index (κ1) is 13.5. The molecule has 2 aromatic rings. The molecule has 0 aromatic carbocycles. The molecule has 2 aliphatic carbocycles. The maximum Gasteiger partial charge on any atom is 0.272 e. The Balaban J connectivity index is 1.50. The number of nitrogens with zero attached hydrogens (tertiary/aromatic N) is 4. The van der Waals surface area contributed by atoms with Crippen molar-refractivity contribution in [2.45, 2.75) is 56.5 Å². The van der Waals surface area contributed by atoms with Crippen molar-refractivity contribution in [3.05, 3.63) is 30.1 Å². The van der Waals surface area contributed by atoms with E-state index in [9.17, 15) is 4.79 Å². The van der Waals surface area contributed by atoms with Gasteiger partial charge in [0.25, 0.3) is 5.91 Å². The van der Waals surface area contributed by atoms with Crippen LogP contribution in [0.2, 0.25) is 0 Å². The van der Waals surface area contributed by atoms with E-state index < -0.39 is 5.54 Å². The zero-order valence-corrected chi connectivity index (χ0v) is 12.5. The van der Waals surface area contributed by atoms with Crippen LogP contribution < -0.4 is 5.32 Å². The maximum absolute atomic E-state index is 12.5. The van der Waals surface area contributed by atoms with Crippen molar-refractivity contribution < 1.29 is 4.79 Å². The highest BCUT2D eigenvalue weighted by atomic mass is 16.2. The number of rotatable bonds is 4. The number of aromatic amines is 1. The summed E-state index contributed by atoms with van der Waals surface area (Å²) in [5, 5.41) is 14.4. The molecular weight excluding hydrogens is 280 g/mol. The standard InChI is InChI=1S/C15H20N6O/c22-13(12-6-9-21(20-12)11-4-1-2-5-11)18-15(7-3-8-15)14-16-10-17-19-14/h6,9-11H,1-5,7-8H2,(H,18,22)(H,16,17,19). The Morgan fingerprint density at radius 3 is 2.77 bits per heavy atom. The maximum atomic E-state index is 12.5. The molecule has 116 valence electrons. The van der Waals surface area contributed by atoms with Gasteiger partial charge in [-0.05, 0) is 38.2 Å². The van der Waals surface area contributed by atoms with Crippen LogP contribution in [0.3, 0.4) is 0 Å². The van der Waals surface area contributed by atoms with Gasteiger partial charge in [-0.1, -0.05) is 12.8 Å². The van der Waals surface area contributed by atoms with Gasteiger partial charge in [-0.15, -0.1) is 0 Å². The fourth-order valence-electron chi connectivity index (χ4n) is 3.50. The van der Waals surface area contributed by atoms with Gasteiger partial charge in [-0.3, -0.25) is 14.6 Å². The van der Waals surface area contributed by atoms with Gasteiger partial charge in [0.2, 0.25) is 0 Å². The molecule has 7 nitrogen and oxygen atoms in total. The minimum absolute atomic E-state index is 0.132. The van der Waals surface area contributed by atoms with E-state index >= 15 is 0 Å².